The highest BCUT2D eigenvalue weighted by atomic mass is 19.4. The third kappa shape index (κ3) is 3.65. The van der Waals surface area contributed by atoms with Crippen LogP contribution in [0.3, 0.4) is 0 Å². The molecule has 5 nitrogen and oxygen atoms in total. The SMILES string of the molecule is CC1CC1NC(=O)Nc1cc(C(F)(F)F)ccc1C(=O)O. The topological polar surface area (TPSA) is 78.4 Å². The number of carbonyl (C=O) groups excluding carboxylic acids is 1. The van der Waals surface area contributed by atoms with E-state index >= 15 is 0 Å². The number of anilines is 1. The van der Waals surface area contributed by atoms with E-state index in [0.29, 0.717) is 18.1 Å². The zero-order valence-corrected chi connectivity index (χ0v) is 11.0. The van der Waals surface area contributed by atoms with E-state index in [4.69, 9.17) is 5.11 Å². The van der Waals surface area contributed by atoms with Crippen LogP contribution in [0.25, 0.3) is 0 Å². The summed E-state index contributed by atoms with van der Waals surface area (Å²) in [6, 6.07) is 1.35. The third-order valence-corrected chi connectivity index (χ3v) is 3.25. The Hall–Kier alpha value is -2.25. The molecular formula is C13H13F3N2O3. The van der Waals surface area contributed by atoms with Crippen molar-refractivity contribution in [2.45, 2.75) is 25.6 Å². The molecule has 3 N–H and O–H groups in total. The Morgan fingerprint density at radius 3 is 2.43 bits per heavy atom. The first-order valence-electron chi connectivity index (χ1n) is 6.20. The normalized spacial score (nSPS) is 20.8. The summed E-state index contributed by atoms with van der Waals surface area (Å²) in [5.74, 6) is -1.10. The molecule has 114 valence electrons. The van der Waals surface area contributed by atoms with Gasteiger partial charge in [0.15, 0.2) is 0 Å². The predicted octanol–water partition coefficient (Wildman–Crippen LogP) is 2.93. The minimum Gasteiger partial charge on any atom is -0.478 e. The summed E-state index contributed by atoms with van der Waals surface area (Å²) in [5, 5.41) is 13.7. The molecule has 2 amide bonds. The molecule has 2 atom stereocenters. The predicted molar refractivity (Wildman–Crippen MR) is 68.1 cm³/mol. The number of aromatic carboxylic acids is 1. The van der Waals surface area contributed by atoms with Crippen LogP contribution in [0.4, 0.5) is 23.7 Å². The second kappa shape index (κ2) is 5.27. The number of carbonyl (C=O) groups is 2. The van der Waals surface area contributed by atoms with Gasteiger partial charge in [-0.15, -0.1) is 0 Å². The van der Waals surface area contributed by atoms with Gasteiger partial charge >= 0.3 is 18.2 Å². The van der Waals surface area contributed by atoms with Gasteiger partial charge in [-0.1, -0.05) is 6.92 Å². The van der Waals surface area contributed by atoms with Crippen LogP contribution in [0.2, 0.25) is 0 Å². The number of rotatable bonds is 3. The number of nitrogens with one attached hydrogen (secondary N) is 2. The number of hydrogen-bond acceptors (Lipinski definition) is 2. The molecule has 1 aliphatic carbocycles. The Balaban J connectivity index is 2.22. The van der Waals surface area contributed by atoms with Crippen molar-refractivity contribution >= 4 is 17.7 Å². The summed E-state index contributed by atoms with van der Waals surface area (Å²) in [5.41, 5.74) is -1.81. The maximum Gasteiger partial charge on any atom is 0.416 e. The quantitative estimate of drug-likeness (QED) is 0.803. The van der Waals surface area contributed by atoms with Crippen molar-refractivity contribution in [1.82, 2.24) is 5.32 Å². The molecular weight excluding hydrogens is 289 g/mol. The average molecular weight is 302 g/mol. The largest absolute Gasteiger partial charge is 0.478 e. The summed E-state index contributed by atoms with van der Waals surface area (Å²) in [6.45, 7) is 1.91. The Morgan fingerprint density at radius 2 is 1.95 bits per heavy atom. The van der Waals surface area contributed by atoms with E-state index in [1.807, 2.05) is 6.92 Å². The van der Waals surface area contributed by atoms with Gasteiger partial charge in [0.25, 0.3) is 0 Å². The molecule has 0 saturated heterocycles. The number of alkyl halides is 3. The third-order valence-electron chi connectivity index (χ3n) is 3.25. The molecule has 1 fully saturated rings. The van der Waals surface area contributed by atoms with E-state index in [-0.39, 0.29) is 11.7 Å². The molecule has 1 saturated carbocycles. The fraction of sp³-hybridized carbons (Fsp3) is 0.385. The Bertz CT molecular complexity index is 587. The summed E-state index contributed by atoms with van der Waals surface area (Å²) < 4.78 is 37.9. The first-order valence-corrected chi connectivity index (χ1v) is 6.20. The first kappa shape index (κ1) is 15.1. The molecule has 1 aliphatic rings. The fourth-order valence-electron chi connectivity index (χ4n) is 1.86. The highest BCUT2D eigenvalue weighted by Gasteiger charge is 2.35. The molecule has 0 spiro atoms. The van der Waals surface area contributed by atoms with Crippen molar-refractivity contribution in [3.63, 3.8) is 0 Å². The van der Waals surface area contributed by atoms with Gasteiger partial charge in [0.2, 0.25) is 0 Å². The van der Waals surface area contributed by atoms with Crippen molar-refractivity contribution < 1.29 is 27.9 Å². The lowest BCUT2D eigenvalue weighted by Crippen LogP contribution is -2.32. The lowest BCUT2D eigenvalue weighted by molar-refractivity contribution is -0.137. The van der Waals surface area contributed by atoms with Gasteiger partial charge in [-0.3, -0.25) is 0 Å². The van der Waals surface area contributed by atoms with E-state index in [2.05, 4.69) is 10.6 Å². The lowest BCUT2D eigenvalue weighted by Gasteiger charge is -2.13. The standard InChI is InChI=1S/C13H13F3N2O3/c1-6-4-9(6)17-12(21)18-10-5-7(13(14,15)16)2-3-8(10)11(19)20/h2-3,5-6,9H,4H2,1H3,(H,19,20)(H2,17,18,21). The Morgan fingerprint density at radius 1 is 1.33 bits per heavy atom. The summed E-state index contributed by atoms with van der Waals surface area (Å²) in [4.78, 5) is 22.6. The van der Waals surface area contributed by atoms with Crippen molar-refractivity contribution in [3.05, 3.63) is 29.3 Å². The van der Waals surface area contributed by atoms with Gasteiger partial charge in [0, 0.05) is 6.04 Å². The number of urea groups is 1. The zero-order valence-electron chi connectivity index (χ0n) is 11.0. The number of halogens is 3. The summed E-state index contributed by atoms with van der Waals surface area (Å²) >= 11 is 0. The minimum absolute atomic E-state index is 0.0240. The van der Waals surface area contributed by atoms with Gasteiger partial charge in [-0.2, -0.15) is 13.2 Å². The number of benzene rings is 1. The summed E-state index contributed by atoms with van der Waals surface area (Å²) in [7, 11) is 0. The molecule has 0 radical (unpaired) electrons. The van der Waals surface area contributed by atoms with Crippen LogP contribution < -0.4 is 10.6 Å². The smallest absolute Gasteiger partial charge is 0.416 e. The Labute approximate surface area is 118 Å². The second-order valence-electron chi connectivity index (χ2n) is 4.98. The van der Waals surface area contributed by atoms with Crippen LogP contribution >= 0.6 is 0 Å². The van der Waals surface area contributed by atoms with E-state index in [1.165, 1.54) is 0 Å². The zero-order chi connectivity index (χ0) is 15.8. The average Bonchev–Trinajstić information content (AvgIpc) is 3.02. The van der Waals surface area contributed by atoms with Gasteiger partial charge in [0.05, 0.1) is 16.8 Å². The minimum atomic E-state index is -4.62. The molecule has 2 rings (SSSR count). The van der Waals surface area contributed by atoms with E-state index in [1.54, 1.807) is 0 Å². The van der Waals surface area contributed by atoms with Crippen molar-refractivity contribution in [2.24, 2.45) is 5.92 Å². The van der Waals surface area contributed by atoms with Gasteiger partial charge < -0.3 is 15.7 Å². The molecule has 0 heterocycles. The number of hydrogen-bond donors (Lipinski definition) is 3. The van der Waals surface area contributed by atoms with Gasteiger partial charge in [-0.05, 0) is 30.5 Å². The highest BCUT2D eigenvalue weighted by Crippen LogP contribution is 2.32. The number of carboxylic acid groups (broad SMARTS) is 1. The Kier molecular flexibility index (Phi) is 3.80. The number of carboxylic acids is 1. The molecule has 21 heavy (non-hydrogen) atoms. The molecule has 1 aromatic rings. The van der Waals surface area contributed by atoms with Gasteiger partial charge in [-0.25, -0.2) is 9.59 Å². The lowest BCUT2D eigenvalue weighted by atomic mass is 10.1. The van der Waals surface area contributed by atoms with Crippen LogP contribution in [-0.4, -0.2) is 23.1 Å². The van der Waals surface area contributed by atoms with Crippen molar-refractivity contribution in [1.29, 1.82) is 0 Å². The van der Waals surface area contributed by atoms with E-state index in [0.717, 1.165) is 12.5 Å². The van der Waals surface area contributed by atoms with Crippen LogP contribution in [0, 0.1) is 5.92 Å². The van der Waals surface area contributed by atoms with Crippen LogP contribution in [-0.2, 0) is 6.18 Å². The van der Waals surface area contributed by atoms with E-state index in [9.17, 15) is 22.8 Å². The van der Waals surface area contributed by atoms with Crippen molar-refractivity contribution in [3.8, 4) is 0 Å². The first-order chi connectivity index (χ1) is 9.68. The highest BCUT2D eigenvalue weighted by molar-refractivity contribution is 6.00. The van der Waals surface area contributed by atoms with E-state index < -0.39 is 29.3 Å². The van der Waals surface area contributed by atoms with Crippen LogP contribution in [0.15, 0.2) is 18.2 Å². The molecule has 8 heteroatoms. The molecule has 0 bridgehead atoms. The molecule has 2 unspecified atom stereocenters. The fourth-order valence-corrected chi connectivity index (χ4v) is 1.86. The molecule has 1 aromatic carbocycles. The monoisotopic (exact) mass is 302 g/mol. The maximum absolute atomic E-state index is 12.6. The molecule has 0 aromatic heterocycles. The maximum atomic E-state index is 12.6. The molecule has 0 aliphatic heterocycles. The van der Waals surface area contributed by atoms with Crippen LogP contribution in [0.5, 0.6) is 0 Å². The van der Waals surface area contributed by atoms with Gasteiger partial charge in [0.1, 0.15) is 0 Å². The second-order valence-corrected chi connectivity index (χ2v) is 4.98. The van der Waals surface area contributed by atoms with Crippen molar-refractivity contribution in [2.75, 3.05) is 5.32 Å². The number of amides is 2. The van der Waals surface area contributed by atoms with Crippen LogP contribution in [0.1, 0.15) is 29.3 Å². The summed E-state index contributed by atoms with van der Waals surface area (Å²) in [6.07, 6.45) is -3.82.